The predicted octanol–water partition coefficient (Wildman–Crippen LogP) is 1.28. The molecule has 6 heteroatoms. The lowest BCUT2D eigenvalue weighted by molar-refractivity contribution is 0.661. The van der Waals surface area contributed by atoms with E-state index in [2.05, 4.69) is 22.1 Å². The molecule has 0 unspecified atom stereocenters. The Morgan fingerprint density at radius 2 is 2.27 bits per heavy atom. The molecule has 2 heterocycles. The zero-order chi connectivity index (χ0) is 10.8. The first-order valence-corrected chi connectivity index (χ1v) is 5.23. The van der Waals surface area contributed by atoms with Crippen molar-refractivity contribution < 1.29 is 0 Å². The highest BCUT2D eigenvalue weighted by Gasteiger charge is 2.06. The lowest BCUT2D eigenvalue weighted by atomic mass is 10.4. The SMILES string of the molecule is CCc1n[nH]c(=S)n1Cc1nccn1C. The van der Waals surface area contributed by atoms with E-state index in [0.29, 0.717) is 11.3 Å². The lowest BCUT2D eigenvalue weighted by Crippen LogP contribution is -2.08. The summed E-state index contributed by atoms with van der Waals surface area (Å²) in [6, 6.07) is 0. The zero-order valence-electron chi connectivity index (χ0n) is 8.77. The van der Waals surface area contributed by atoms with Crippen LogP contribution in [0.3, 0.4) is 0 Å². The van der Waals surface area contributed by atoms with E-state index in [4.69, 9.17) is 12.2 Å². The molecule has 0 radical (unpaired) electrons. The topological polar surface area (TPSA) is 51.4 Å². The summed E-state index contributed by atoms with van der Waals surface area (Å²) in [6.45, 7) is 2.72. The smallest absolute Gasteiger partial charge is 0.195 e. The normalized spacial score (nSPS) is 10.8. The van der Waals surface area contributed by atoms with Gasteiger partial charge in [-0.3, -0.25) is 9.67 Å². The highest BCUT2D eigenvalue weighted by Crippen LogP contribution is 2.04. The quantitative estimate of drug-likeness (QED) is 0.798. The monoisotopic (exact) mass is 223 g/mol. The van der Waals surface area contributed by atoms with Crippen LogP contribution in [0, 0.1) is 4.77 Å². The molecule has 0 fully saturated rings. The number of nitrogens with zero attached hydrogens (tertiary/aromatic N) is 4. The Morgan fingerprint density at radius 3 is 2.87 bits per heavy atom. The third kappa shape index (κ3) is 1.85. The van der Waals surface area contributed by atoms with Crippen molar-refractivity contribution in [2.75, 3.05) is 0 Å². The largest absolute Gasteiger partial charge is 0.337 e. The van der Waals surface area contributed by atoms with Crippen molar-refractivity contribution in [1.29, 1.82) is 0 Å². The molecule has 2 rings (SSSR count). The molecule has 5 nitrogen and oxygen atoms in total. The van der Waals surface area contributed by atoms with E-state index < -0.39 is 0 Å². The second kappa shape index (κ2) is 3.98. The van der Waals surface area contributed by atoms with Crippen LogP contribution in [0.1, 0.15) is 18.6 Å². The van der Waals surface area contributed by atoms with Gasteiger partial charge in [-0.25, -0.2) is 4.98 Å². The molecule has 0 atom stereocenters. The molecule has 0 aliphatic carbocycles. The Bertz CT molecular complexity index is 507. The van der Waals surface area contributed by atoms with E-state index in [0.717, 1.165) is 18.1 Å². The van der Waals surface area contributed by atoms with Gasteiger partial charge in [0.1, 0.15) is 11.6 Å². The Morgan fingerprint density at radius 1 is 1.47 bits per heavy atom. The molecule has 0 saturated heterocycles. The minimum Gasteiger partial charge on any atom is -0.337 e. The van der Waals surface area contributed by atoms with Crippen molar-refractivity contribution in [2.45, 2.75) is 19.9 Å². The van der Waals surface area contributed by atoms with Crippen molar-refractivity contribution in [2.24, 2.45) is 7.05 Å². The predicted molar refractivity (Wildman–Crippen MR) is 59.1 cm³/mol. The van der Waals surface area contributed by atoms with E-state index in [1.165, 1.54) is 0 Å². The Kier molecular flexibility index (Phi) is 2.68. The fourth-order valence-corrected chi connectivity index (χ4v) is 1.69. The standard InChI is InChI=1S/C9H13N5S/c1-3-7-11-12-9(15)14(7)6-8-10-4-5-13(8)2/h4-5H,3,6H2,1-2H3,(H,12,15). The summed E-state index contributed by atoms with van der Waals surface area (Å²) in [4.78, 5) is 4.26. The number of hydrogen-bond acceptors (Lipinski definition) is 3. The average Bonchev–Trinajstić information content (AvgIpc) is 2.77. The molecule has 0 amide bonds. The van der Waals surface area contributed by atoms with Crippen molar-refractivity contribution in [3.05, 3.63) is 28.8 Å². The second-order valence-electron chi connectivity index (χ2n) is 3.34. The number of H-pyrrole nitrogens is 1. The molecule has 0 saturated carbocycles. The van der Waals surface area contributed by atoms with Crippen LogP contribution in [-0.2, 0) is 20.0 Å². The lowest BCUT2D eigenvalue weighted by Gasteiger charge is -2.05. The molecule has 15 heavy (non-hydrogen) atoms. The van der Waals surface area contributed by atoms with Crippen molar-refractivity contribution in [1.82, 2.24) is 24.3 Å². The van der Waals surface area contributed by atoms with Gasteiger partial charge in [0, 0.05) is 25.9 Å². The Labute approximate surface area is 92.8 Å². The average molecular weight is 223 g/mol. The number of rotatable bonds is 3. The summed E-state index contributed by atoms with van der Waals surface area (Å²) >= 11 is 5.16. The van der Waals surface area contributed by atoms with Crippen molar-refractivity contribution >= 4 is 12.2 Å². The van der Waals surface area contributed by atoms with Crippen LogP contribution in [0.15, 0.2) is 12.4 Å². The molecular formula is C9H13N5S. The maximum Gasteiger partial charge on any atom is 0.195 e. The Hall–Kier alpha value is -1.43. The van der Waals surface area contributed by atoms with E-state index in [9.17, 15) is 0 Å². The van der Waals surface area contributed by atoms with E-state index in [-0.39, 0.29) is 0 Å². The number of aromatic amines is 1. The summed E-state index contributed by atoms with van der Waals surface area (Å²) in [5, 5.41) is 6.95. The molecule has 0 aliphatic rings. The van der Waals surface area contributed by atoms with Gasteiger partial charge in [0.15, 0.2) is 4.77 Å². The van der Waals surface area contributed by atoms with Gasteiger partial charge in [-0.2, -0.15) is 5.10 Å². The highest BCUT2D eigenvalue weighted by atomic mass is 32.1. The summed E-state index contributed by atoms with van der Waals surface area (Å²) in [5.41, 5.74) is 0. The number of aromatic nitrogens is 5. The van der Waals surface area contributed by atoms with Crippen LogP contribution in [0.5, 0.6) is 0 Å². The van der Waals surface area contributed by atoms with Gasteiger partial charge in [0.05, 0.1) is 6.54 Å². The van der Waals surface area contributed by atoms with Gasteiger partial charge < -0.3 is 4.57 Å². The van der Waals surface area contributed by atoms with Gasteiger partial charge in [0.25, 0.3) is 0 Å². The van der Waals surface area contributed by atoms with Gasteiger partial charge in [0.2, 0.25) is 0 Å². The van der Waals surface area contributed by atoms with E-state index in [1.807, 2.05) is 22.4 Å². The molecular weight excluding hydrogens is 210 g/mol. The fourth-order valence-electron chi connectivity index (χ4n) is 1.47. The van der Waals surface area contributed by atoms with Crippen LogP contribution >= 0.6 is 12.2 Å². The molecule has 0 spiro atoms. The van der Waals surface area contributed by atoms with Gasteiger partial charge in [-0.05, 0) is 12.2 Å². The maximum absolute atomic E-state index is 5.16. The van der Waals surface area contributed by atoms with Crippen LogP contribution < -0.4 is 0 Å². The van der Waals surface area contributed by atoms with Gasteiger partial charge in [-0.1, -0.05) is 6.92 Å². The summed E-state index contributed by atoms with van der Waals surface area (Å²) in [5.74, 6) is 1.94. The molecule has 0 bridgehead atoms. The van der Waals surface area contributed by atoms with Gasteiger partial charge >= 0.3 is 0 Å². The number of imidazole rings is 1. The minimum absolute atomic E-state index is 0.648. The first-order chi connectivity index (χ1) is 7.22. The van der Waals surface area contributed by atoms with E-state index >= 15 is 0 Å². The summed E-state index contributed by atoms with van der Waals surface area (Å²) in [6.07, 6.45) is 4.56. The molecule has 2 aromatic heterocycles. The van der Waals surface area contributed by atoms with Crippen LogP contribution in [0.25, 0.3) is 0 Å². The number of nitrogens with one attached hydrogen (secondary N) is 1. The molecule has 0 aliphatic heterocycles. The number of aryl methyl sites for hydroxylation is 2. The zero-order valence-corrected chi connectivity index (χ0v) is 9.58. The summed E-state index contributed by atoms with van der Waals surface area (Å²) < 4.78 is 4.60. The maximum atomic E-state index is 5.16. The highest BCUT2D eigenvalue weighted by molar-refractivity contribution is 7.71. The Balaban J connectivity index is 2.35. The minimum atomic E-state index is 0.648. The van der Waals surface area contributed by atoms with Crippen LogP contribution in [0.4, 0.5) is 0 Å². The van der Waals surface area contributed by atoms with Gasteiger partial charge in [-0.15, -0.1) is 0 Å². The van der Waals surface area contributed by atoms with Crippen molar-refractivity contribution in [3.63, 3.8) is 0 Å². The molecule has 0 aromatic carbocycles. The molecule has 2 aromatic rings. The van der Waals surface area contributed by atoms with Crippen LogP contribution in [-0.4, -0.2) is 24.3 Å². The first kappa shape index (κ1) is 10.1. The second-order valence-corrected chi connectivity index (χ2v) is 3.73. The summed E-state index contributed by atoms with van der Waals surface area (Å²) in [7, 11) is 1.97. The molecule has 1 N–H and O–H groups in total. The number of hydrogen-bond donors (Lipinski definition) is 1. The van der Waals surface area contributed by atoms with Crippen molar-refractivity contribution in [3.8, 4) is 0 Å². The molecule has 80 valence electrons. The third-order valence-corrected chi connectivity index (χ3v) is 2.69. The fraction of sp³-hybridized carbons (Fsp3) is 0.444. The van der Waals surface area contributed by atoms with E-state index in [1.54, 1.807) is 6.20 Å². The first-order valence-electron chi connectivity index (χ1n) is 4.82. The van der Waals surface area contributed by atoms with Crippen LogP contribution in [0.2, 0.25) is 0 Å². The third-order valence-electron chi connectivity index (χ3n) is 2.37.